The lowest BCUT2D eigenvalue weighted by Crippen LogP contribution is -2.30. The van der Waals surface area contributed by atoms with Crippen LogP contribution in [0.5, 0.6) is 5.75 Å². The molecule has 0 fully saturated rings. The average molecular weight is 353 g/mol. The molecule has 1 amide bonds. The quantitative estimate of drug-likeness (QED) is 0.698. The van der Waals surface area contributed by atoms with Crippen LogP contribution in [0, 0.1) is 11.6 Å². The Labute approximate surface area is 150 Å². The van der Waals surface area contributed by atoms with Gasteiger partial charge in [0, 0.05) is 6.07 Å². The molecule has 3 aromatic rings. The topological polar surface area (TPSA) is 38.3 Å². The number of hydrogen-bond donors (Lipinski definition) is 1. The molecule has 0 saturated carbocycles. The van der Waals surface area contributed by atoms with Crippen LogP contribution in [-0.4, -0.2) is 12.0 Å². The highest BCUT2D eigenvalue weighted by Crippen LogP contribution is 2.23. The highest BCUT2D eigenvalue weighted by molar-refractivity contribution is 5.94. The van der Waals surface area contributed by atoms with E-state index in [2.05, 4.69) is 5.32 Å². The molecule has 3 nitrogen and oxygen atoms in total. The molecular weight excluding hydrogens is 336 g/mol. The second-order valence-electron chi connectivity index (χ2n) is 5.76. The van der Waals surface area contributed by atoms with Gasteiger partial charge in [0.25, 0.3) is 5.91 Å². The summed E-state index contributed by atoms with van der Waals surface area (Å²) >= 11 is 0. The lowest BCUT2D eigenvalue weighted by Gasteiger charge is -2.15. The van der Waals surface area contributed by atoms with Gasteiger partial charge in [-0.05, 0) is 42.3 Å². The number of amides is 1. The Kier molecular flexibility index (Phi) is 5.27. The van der Waals surface area contributed by atoms with Gasteiger partial charge in [-0.15, -0.1) is 0 Å². The fourth-order valence-corrected chi connectivity index (χ4v) is 2.44. The van der Waals surface area contributed by atoms with Gasteiger partial charge in [0.15, 0.2) is 6.10 Å². The van der Waals surface area contributed by atoms with Crippen molar-refractivity contribution >= 4 is 11.6 Å². The largest absolute Gasteiger partial charge is 0.481 e. The van der Waals surface area contributed by atoms with Gasteiger partial charge in [0.1, 0.15) is 17.4 Å². The van der Waals surface area contributed by atoms with Gasteiger partial charge >= 0.3 is 0 Å². The fraction of sp³-hybridized carbons (Fsp3) is 0.0952. The summed E-state index contributed by atoms with van der Waals surface area (Å²) < 4.78 is 32.1. The first-order valence-corrected chi connectivity index (χ1v) is 8.11. The van der Waals surface area contributed by atoms with Gasteiger partial charge in [-0.25, -0.2) is 8.78 Å². The molecule has 0 aliphatic rings. The molecule has 0 bridgehead atoms. The zero-order chi connectivity index (χ0) is 18.5. The molecule has 0 aromatic heterocycles. The van der Waals surface area contributed by atoms with Gasteiger partial charge in [0.2, 0.25) is 0 Å². The van der Waals surface area contributed by atoms with Crippen molar-refractivity contribution in [3.05, 3.63) is 84.4 Å². The summed E-state index contributed by atoms with van der Waals surface area (Å²) in [5, 5.41) is 2.39. The predicted molar refractivity (Wildman–Crippen MR) is 97.0 cm³/mol. The molecule has 1 N–H and O–H groups in total. The van der Waals surface area contributed by atoms with Crippen molar-refractivity contribution < 1.29 is 18.3 Å². The summed E-state index contributed by atoms with van der Waals surface area (Å²) in [7, 11) is 0. The lowest BCUT2D eigenvalue weighted by atomic mass is 10.1. The van der Waals surface area contributed by atoms with Crippen molar-refractivity contribution in [1.82, 2.24) is 0 Å². The third-order valence-corrected chi connectivity index (χ3v) is 3.83. The SMILES string of the molecule is CC(Oc1ccc(-c2ccccc2)cc1)C(=O)Nc1ccc(F)cc1F. The van der Waals surface area contributed by atoms with Gasteiger partial charge in [-0.3, -0.25) is 4.79 Å². The number of benzene rings is 3. The second-order valence-corrected chi connectivity index (χ2v) is 5.76. The summed E-state index contributed by atoms with van der Waals surface area (Å²) in [5.41, 5.74) is 2.02. The Morgan fingerprint density at radius 1 is 0.923 bits per heavy atom. The zero-order valence-electron chi connectivity index (χ0n) is 14.1. The number of hydrogen-bond acceptors (Lipinski definition) is 2. The lowest BCUT2D eigenvalue weighted by molar-refractivity contribution is -0.122. The highest BCUT2D eigenvalue weighted by atomic mass is 19.1. The average Bonchev–Trinajstić information content (AvgIpc) is 2.65. The van der Waals surface area contributed by atoms with E-state index in [1.54, 1.807) is 19.1 Å². The standard InChI is InChI=1S/C21H17F2NO2/c1-14(21(25)24-20-12-9-17(22)13-19(20)23)26-18-10-7-16(8-11-18)15-5-3-2-4-6-15/h2-14H,1H3,(H,24,25). The molecular formula is C21H17F2NO2. The van der Waals surface area contributed by atoms with Gasteiger partial charge < -0.3 is 10.1 Å². The number of halogens is 2. The van der Waals surface area contributed by atoms with E-state index in [9.17, 15) is 13.6 Å². The Hall–Kier alpha value is -3.21. The smallest absolute Gasteiger partial charge is 0.265 e. The van der Waals surface area contributed by atoms with Crippen LogP contribution in [0.4, 0.5) is 14.5 Å². The molecule has 1 unspecified atom stereocenters. The Balaban J connectivity index is 1.63. The van der Waals surface area contributed by atoms with Crippen LogP contribution < -0.4 is 10.1 Å². The number of carbonyl (C=O) groups excluding carboxylic acids is 1. The number of nitrogens with one attached hydrogen (secondary N) is 1. The van der Waals surface area contributed by atoms with E-state index >= 15 is 0 Å². The highest BCUT2D eigenvalue weighted by Gasteiger charge is 2.17. The molecule has 5 heteroatoms. The summed E-state index contributed by atoms with van der Waals surface area (Å²) in [6, 6.07) is 20.2. The monoisotopic (exact) mass is 353 g/mol. The maximum absolute atomic E-state index is 13.6. The van der Waals surface area contributed by atoms with Crippen LogP contribution in [0.15, 0.2) is 72.8 Å². The van der Waals surface area contributed by atoms with E-state index in [-0.39, 0.29) is 5.69 Å². The van der Waals surface area contributed by atoms with Gasteiger partial charge in [-0.2, -0.15) is 0 Å². The zero-order valence-corrected chi connectivity index (χ0v) is 14.1. The van der Waals surface area contributed by atoms with Crippen molar-refractivity contribution in [3.8, 4) is 16.9 Å². The van der Waals surface area contributed by atoms with E-state index in [0.29, 0.717) is 11.8 Å². The van der Waals surface area contributed by atoms with Crippen LogP contribution in [0.2, 0.25) is 0 Å². The Bertz CT molecular complexity index is 896. The van der Waals surface area contributed by atoms with Crippen molar-refractivity contribution in [3.63, 3.8) is 0 Å². The van der Waals surface area contributed by atoms with E-state index in [0.717, 1.165) is 17.2 Å². The van der Waals surface area contributed by atoms with Crippen molar-refractivity contribution in [1.29, 1.82) is 0 Å². The van der Waals surface area contributed by atoms with Crippen LogP contribution in [0.3, 0.4) is 0 Å². The molecule has 1 atom stereocenters. The minimum Gasteiger partial charge on any atom is -0.481 e. The minimum absolute atomic E-state index is 0.0914. The number of ether oxygens (including phenoxy) is 1. The maximum Gasteiger partial charge on any atom is 0.265 e. The van der Waals surface area contributed by atoms with Crippen molar-refractivity contribution in [2.24, 2.45) is 0 Å². The van der Waals surface area contributed by atoms with E-state index < -0.39 is 23.6 Å². The fourth-order valence-electron chi connectivity index (χ4n) is 2.44. The van der Waals surface area contributed by atoms with E-state index in [1.807, 2.05) is 42.5 Å². The molecule has 3 aromatic carbocycles. The summed E-state index contributed by atoms with van der Waals surface area (Å²) in [6.07, 6.45) is -0.845. The van der Waals surface area contributed by atoms with Crippen LogP contribution in [0.1, 0.15) is 6.92 Å². The molecule has 132 valence electrons. The van der Waals surface area contributed by atoms with E-state index in [4.69, 9.17) is 4.74 Å². The van der Waals surface area contributed by atoms with Crippen molar-refractivity contribution in [2.75, 3.05) is 5.32 Å². The molecule has 0 aliphatic carbocycles. The van der Waals surface area contributed by atoms with Crippen molar-refractivity contribution in [2.45, 2.75) is 13.0 Å². The molecule has 26 heavy (non-hydrogen) atoms. The summed E-state index contributed by atoms with van der Waals surface area (Å²) in [5.74, 6) is -1.55. The number of rotatable bonds is 5. The predicted octanol–water partition coefficient (Wildman–Crippen LogP) is 5.04. The summed E-state index contributed by atoms with van der Waals surface area (Å²) in [6.45, 7) is 1.56. The van der Waals surface area contributed by atoms with Crippen LogP contribution in [-0.2, 0) is 4.79 Å². The molecule has 0 aliphatic heterocycles. The molecule has 0 heterocycles. The van der Waals surface area contributed by atoms with Gasteiger partial charge in [-0.1, -0.05) is 42.5 Å². The van der Waals surface area contributed by atoms with Gasteiger partial charge in [0.05, 0.1) is 5.69 Å². The molecule has 0 radical (unpaired) electrons. The first-order valence-electron chi connectivity index (χ1n) is 8.11. The van der Waals surface area contributed by atoms with Crippen LogP contribution >= 0.6 is 0 Å². The third-order valence-electron chi connectivity index (χ3n) is 3.83. The molecule has 0 spiro atoms. The Morgan fingerprint density at radius 2 is 1.58 bits per heavy atom. The third kappa shape index (κ3) is 4.25. The number of carbonyl (C=O) groups is 1. The van der Waals surface area contributed by atoms with Crippen LogP contribution in [0.25, 0.3) is 11.1 Å². The Morgan fingerprint density at radius 3 is 2.23 bits per heavy atom. The first-order chi connectivity index (χ1) is 12.5. The number of anilines is 1. The maximum atomic E-state index is 13.6. The second kappa shape index (κ2) is 7.78. The normalized spacial score (nSPS) is 11.7. The van der Waals surface area contributed by atoms with E-state index in [1.165, 1.54) is 6.07 Å². The summed E-state index contributed by atoms with van der Waals surface area (Å²) in [4.78, 5) is 12.1. The minimum atomic E-state index is -0.845. The molecule has 0 saturated heterocycles. The first kappa shape index (κ1) is 17.6. The molecule has 3 rings (SSSR count).